The first-order valence-corrected chi connectivity index (χ1v) is 5.76. The van der Waals surface area contributed by atoms with Gasteiger partial charge < -0.3 is 24.8 Å². The van der Waals surface area contributed by atoms with E-state index in [9.17, 15) is 10.2 Å². The highest BCUT2D eigenvalue weighted by atomic mass is 16.7. The number of unbranched alkanes of at least 4 members (excludes halogenated alkanes) is 1. The van der Waals surface area contributed by atoms with E-state index in [4.69, 9.17) is 14.6 Å². The number of ether oxygens (including phenoxy) is 2. The SMILES string of the molecule is CCCCOC(OCCO)(C(C)O)C(C)O. The van der Waals surface area contributed by atoms with Gasteiger partial charge in [0.2, 0.25) is 5.79 Å². The van der Waals surface area contributed by atoms with Gasteiger partial charge in [-0.15, -0.1) is 0 Å². The van der Waals surface area contributed by atoms with Crippen LogP contribution >= 0.6 is 0 Å². The summed E-state index contributed by atoms with van der Waals surface area (Å²) in [7, 11) is 0. The van der Waals surface area contributed by atoms with E-state index in [1.165, 1.54) is 13.8 Å². The largest absolute Gasteiger partial charge is 0.394 e. The highest BCUT2D eigenvalue weighted by Gasteiger charge is 2.42. The van der Waals surface area contributed by atoms with E-state index in [2.05, 4.69) is 0 Å². The zero-order valence-corrected chi connectivity index (χ0v) is 10.3. The summed E-state index contributed by atoms with van der Waals surface area (Å²) in [6, 6.07) is 0. The summed E-state index contributed by atoms with van der Waals surface area (Å²) in [4.78, 5) is 0. The lowest BCUT2D eigenvalue weighted by Crippen LogP contribution is -2.55. The molecule has 0 spiro atoms. The Bertz CT molecular complexity index is 162. The number of aliphatic hydroxyl groups excluding tert-OH is 3. The predicted molar refractivity (Wildman–Crippen MR) is 60.0 cm³/mol. The van der Waals surface area contributed by atoms with E-state index in [1.807, 2.05) is 6.92 Å². The maximum atomic E-state index is 9.67. The maximum absolute atomic E-state index is 9.67. The molecule has 0 aromatic heterocycles. The molecule has 0 aliphatic rings. The monoisotopic (exact) mass is 236 g/mol. The molecule has 0 aliphatic heterocycles. The van der Waals surface area contributed by atoms with Crippen LogP contribution in [0.5, 0.6) is 0 Å². The van der Waals surface area contributed by atoms with E-state index < -0.39 is 18.0 Å². The van der Waals surface area contributed by atoms with Gasteiger partial charge in [0.25, 0.3) is 0 Å². The molecule has 0 amide bonds. The van der Waals surface area contributed by atoms with Crippen molar-refractivity contribution >= 4 is 0 Å². The molecular formula is C11H24O5. The minimum atomic E-state index is -1.45. The predicted octanol–water partition coefficient (Wildman–Crippen LogP) is 0.270. The molecular weight excluding hydrogens is 212 g/mol. The Balaban J connectivity index is 4.52. The zero-order chi connectivity index (χ0) is 12.6. The Kier molecular flexibility index (Phi) is 7.87. The molecule has 0 rings (SSSR count). The van der Waals surface area contributed by atoms with Gasteiger partial charge in [-0.1, -0.05) is 13.3 Å². The minimum absolute atomic E-state index is 0.0158. The van der Waals surface area contributed by atoms with Crippen molar-refractivity contribution in [2.45, 2.75) is 51.6 Å². The Hall–Kier alpha value is -0.200. The van der Waals surface area contributed by atoms with Crippen LogP contribution in [0.3, 0.4) is 0 Å². The first-order valence-electron chi connectivity index (χ1n) is 5.76. The van der Waals surface area contributed by atoms with Crippen LogP contribution in [0.4, 0.5) is 0 Å². The first-order chi connectivity index (χ1) is 7.51. The normalized spacial score (nSPS) is 19.1. The van der Waals surface area contributed by atoms with Crippen LogP contribution in [-0.4, -0.2) is 53.1 Å². The molecule has 0 aromatic carbocycles. The molecule has 5 heteroatoms. The van der Waals surface area contributed by atoms with Crippen molar-refractivity contribution in [2.75, 3.05) is 19.8 Å². The van der Waals surface area contributed by atoms with Crippen molar-refractivity contribution in [3.8, 4) is 0 Å². The topological polar surface area (TPSA) is 79.2 Å². The quantitative estimate of drug-likeness (QED) is 0.395. The lowest BCUT2D eigenvalue weighted by atomic mass is 10.1. The van der Waals surface area contributed by atoms with Gasteiger partial charge in [0.05, 0.1) is 19.8 Å². The van der Waals surface area contributed by atoms with Gasteiger partial charge in [0.1, 0.15) is 12.2 Å². The fourth-order valence-corrected chi connectivity index (χ4v) is 1.45. The van der Waals surface area contributed by atoms with Crippen LogP contribution in [-0.2, 0) is 9.47 Å². The van der Waals surface area contributed by atoms with Gasteiger partial charge in [0.15, 0.2) is 0 Å². The van der Waals surface area contributed by atoms with Gasteiger partial charge >= 0.3 is 0 Å². The second-order valence-electron chi connectivity index (χ2n) is 3.85. The van der Waals surface area contributed by atoms with Crippen molar-refractivity contribution in [1.29, 1.82) is 0 Å². The molecule has 2 unspecified atom stereocenters. The molecule has 0 radical (unpaired) electrons. The second-order valence-corrected chi connectivity index (χ2v) is 3.85. The van der Waals surface area contributed by atoms with E-state index in [-0.39, 0.29) is 13.2 Å². The van der Waals surface area contributed by atoms with Crippen LogP contribution in [0.2, 0.25) is 0 Å². The average molecular weight is 236 g/mol. The Morgan fingerprint density at radius 2 is 1.56 bits per heavy atom. The first kappa shape index (κ1) is 15.8. The van der Waals surface area contributed by atoms with Crippen molar-refractivity contribution in [1.82, 2.24) is 0 Å². The summed E-state index contributed by atoms with van der Waals surface area (Å²) < 4.78 is 10.7. The number of hydrogen-bond donors (Lipinski definition) is 3. The van der Waals surface area contributed by atoms with Crippen LogP contribution in [0.15, 0.2) is 0 Å². The van der Waals surface area contributed by atoms with Crippen LogP contribution < -0.4 is 0 Å². The molecule has 0 fully saturated rings. The molecule has 0 aliphatic carbocycles. The Morgan fingerprint density at radius 3 is 1.94 bits per heavy atom. The summed E-state index contributed by atoms with van der Waals surface area (Å²) in [5.74, 6) is -1.45. The molecule has 98 valence electrons. The van der Waals surface area contributed by atoms with E-state index in [0.29, 0.717) is 6.61 Å². The molecule has 0 heterocycles. The molecule has 5 nitrogen and oxygen atoms in total. The van der Waals surface area contributed by atoms with Gasteiger partial charge in [-0.05, 0) is 20.3 Å². The third-order valence-corrected chi connectivity index (χ3v) is 2.41. The van der Waals surface area contributed by atoms with Crippen molar-refractivity contribution < 1.29 is 24.8 Å². The highest BCUT2D eigenvalue weighted by Crippen LogP contribution is 2.23. The molecule has 2 atom stereocenters. The van der Waals surface area contributed by atoms with Crippen LogP contribution in [0, 0.1) is 0 Å². The molecule has 16 heavy (non-hydrogen) atoms. The Morgan fingerprint density at radius 1 is 1.06 bits per heavy atom. The van der Waals surface area contributed by atoms with Gasteiger partial charge in [-0.3, -0.25) is 0 Å². The molecule has 0 saturated carbocycles. The van der Waals surface area contributed by atoms with Gasteiger partial charge in [-0.25, -0.2) is 0 Å². The lowest BCUT2D eigenvalue weighted by molar-refractivity contribution is -0.318. The minimum Gasteiger partial charge on any atom is -0.394 e. The summed E-state index contributed by atoms with van der Waals surface area (Å²) in [5.41, 5.74) is 0. The fraction of sp³-hybridized carbons (Fsp3) is 1.00. The van der Waals surface area contributed by atoms with Crippen LogP contribution in [0.1, 0.15) is 33.6 Å². The molecule has 3 N–H and O–H groups in total. The smallest absolute Gasteiger partial charge is 0.220 e. The standard InChI is InChI=1S/C11H24O5/c1-4-5-7-15-11(9(2)13,10(3)14)16-8-6-12/h9-10,12-14H,4-8H2,1-3H3. The summed E-state index contributed by atoms with van der Waals surface area (Å²) in [6.07, 6.45) is -0.175. The van der Waals surface area contributed by atoms with Crippen molar-refractivity contribution in [2.24, 2.45) is 0 Å². The summed E-state index contributed by atoms with van der Waals surface area (Å²) >= 11 is 0. The number of aliphatic hydroxyl groups is 3. The molecule has 0 saturated heterocycles. The van der Waals surface area contributed by atoms with Gasteiger partial charge in [-0.2, -0.15) is 0 Å². The van der Waals surface area contributed by atoms with Gasteiger partial charge in [0, 0.05) is 0 Å². The highest BCUT2D eigenvalue weighted by molar-refractivity contribution is 4.82. The summed E-state index contributed by atoms with van der Waals surface area (Å²) in [6.45, 7) is 5.24. The fourth-order valence-electron chi connectivity index (χ4n) is 1.45. The van der Waals surface area contributed by atoms with E-state index >= 15 is 0 Å². The number of rotatable bonds is 9. The third kappa shape index (κ3) is 4.35. The Labute approximate surface area is 97.0 Å². The third-order valence-electron chi connectivity index (χ3n) is 2.41. The average Bonchev–Trinajstić information content (AvgIpc) is 2.22. The molecule has 0 aromatic rings. The second kappa shape index (κ2) is 7.97. The van der Waals surface area contributed by atoms with Crippen LogP contribution in [0.25, 0.3) is 0 Å². The van der Waals surface area contributed by atoms with Crippen molar-refractivity contribution in [3.63, 3.8) is 0 Å². The zero-order valence-electron chi connectivity index (χ0n) is 10.3. The lowest BCUT2D eigenvalue weighted by Gasteiger charge is -2.38. The summed E-state index contributed by atoms with van der Waals surface area (Å²) in [5, 5.41) is 28.1. The van der Waals surface area contributed by atoms with Crippen molar-refractivity contribution in [3.05, 3.63) is 0 Å². The number of hydrogen-bond acceptors (Lipinski definition) is 5. The molecule has 0 bridgehead atoms. The van der Waals surface area contributed by atoms with E-state index in [0.717, 1.165) is 12.8 Å². The van der Waals surface area contributed by atoms with E-state index in [1.54, 1.807) is 0 Å². The maximum Gasteiger partial charge on any atom is 0.220 e.